The molecule has 37 heteroatoms. The molecule has 0 aliphatic heterocycles. The molecule has 0 rings (SSSR count). The van der Waals surface area contributed by atoms with E-state index in [1.807, 2.05) is 0 Å². The first-order chi connectivity index (χ1) is 11.7. The number of hydrogen-bond donors (Lipinski definition) is 0. The van der Waals surface area contributed by atoms with Crippen LogP contribution in [0.2, 0.25) is 0 Å². The molecule has 0 aliphatic rings. The minimum atomic E-state index is -7.40. The molecule has 40 heavy (non-hydrogen) atoms. The van der Waals surface area contributed by atoms with Gasteiger partial charge in [-0.15, -0.1) is 0 Å². The molecule has 0 unspecified atom stereocenters. The predicted octanol–water partition coefficient (Wildman–Crippen LogP) is -46.3. The fourth-order valence-corrected chi connectivity index (χ4v) is 10.8. The quantitative estimate of drug-likeness (QED) is 0.153. The second-order valence-electron chi connectivity index (χ2n) is 4.73. The maximum absolute atomic E-state index is 11.0. The van der Waals surface area contributed by atoms with Gasteiger partial charge in [0.1, 0.15) is 0 Å². The van der Waals surface area contributed by atoms with E-state index in [9.17, 15) is 86.1 Å². The van der Waals surface area contributed by atoms with E-state index >= 15 is 0 Å². The van der Waals surface area contributed by atoms with Gasteiger partial charge in [0.25, 0.3) is 0 Å². The summed E-state index contributed by atoms with van der Waals surface area (Å²) in [5.74, 6) is 0. The Labute approximate surface area is 741 Å². The van der Waals surface area contributed by atoms with Crippen molar-refractivity contribution in [1.82, 2.24) is 4.90 Å². The second kappa shape index (κ2) is 43.4. The summed E-state index contributed by atoms with van der Waals surface area (Å²) in [4.78, 5) is 130. The normalized spacial score (nSPS) is 11.1. The standard InChI is InChI=1S/C3H15NO18P6.12K/c5-23(6,7)1(24(8,9)10)4(2(25(11,12)13)26(14,15)16)3(27(17,18)19)28(20,21)22;;;;;;;;;;;;/h1-3H,(H2,5,6,7)(H2,8,9,10)(H2,11,12,13)(H2,14,15,16)(H2,17,18,19)(H2,20,21,22);;;;;;;;;;;;/q;12*+1/p-12. The minimum Gasteiger partial charge on any atom is -0.809 e. The summed E-state index contributed by atoms with van der Waals surface area (Å²) in [6, 6.07) is 0. The summed E-state index contributed by atoms with van der Waals surface area (Å²) < 4.78 is 66.1. The van der Waals surface area contributed by atoms with Gasteiger partial charge < -0.3 is 86.1 Å². The molecule has 0 amide bonds. The van der Waals surface area contributed by atoms with E-state index in [2.05, 4.69) is 0 Å². The minimum absolute atomic E-state index is 0. The van der Waals surface area contributed by atoms with Gasteiger partial charge in [0, 0.05) is 0 Å². The van der Waals surface area contributed by atoms with Crippen molar-refractivity contribution in [2.75, 3.05) is 0 Å². The molecule has 0 heterocycles. The molecule has 0 aromatic carbocycles. The van der Waals surface area contributed by atoms with Crippen LogP contribution in [0.15, 0.2) is 0 Å². The number of hydrogen-bond acceptors (Lipinski definition) is 19. The largest absolute Gasteiger partial charge is 1.00 e. The molecule has 170 valence electrons. The van der Waals surface area contributed by atoms with E-state index in [-0.39, 0.29) is 617 Å². The first-order valence-electron chi connectivity index (χ1n) is 5.61. The molecule has 0 aromatic heterocycles. The molecule has 0 atom stereocenters. The van der Waals surface area contributed by atoms with Crippen molar-refractivity contribution in [3.8, 4) is 0 Å². The van der Waals surface area contributed by atoms with Gasteiger partial charge in [-0.2, -0.15) is 0 Å². The van der Waals surface area contributed by atoms with Crippen LogP contribution in [-0.4, -0.2) is 21.5 Å². The molecular weight excluding hydrogens is 993 g/mol. The summed E-state index contributed by atoms with van der Waals surface area (Å²) >= 11 is 0. The van der Waals surface area contributed by atoms with Crippen LogP contribution in [0, 0.1) is 0 Å². The van der Waals surface area contributed by atoms with Gasteiger partial charge >= 0.3 is 617 Å². The van der Waals surface area contributed by atoms with E-state index in [4.69, 9.17) is 0 Å². The summed E-state index contributed by atoms with van der Waals surface area (Å²) in [5.41, 5.74) is -14.8. The fraction of sp³-hybridized carbons (Fsp3) is 1.00. The van der Waals surface area contributed by atoms with Gasteiger partial charge in [-0.25, -0.2) is 0 Å². The van der Waals surface area contributed by atoms with Crippen LogP contribution in [0.3, 0.4) is 0 Å². The molecule has 0 bridgehead atoms. The van der Waals surface area contributed by atoms with Crippen molar-refractivity contribution in [2.24, 2.45) is 0 Å². The SMILES string of the molecule is O=P([O-])([O-])C(N(C(P(=O)([O-])[O-])P(=O)([O-])[O-])C(P(=O)([O-])[O-])P(=O)([O-])[O-])P(=O)([O-])[O-].[K+].[K+].[K+].[K+].[K+].[K+].[K+].[K+].[K+].[K+].[K+].[K+]. The molecular formula is C3H3K12NO18P6. The number of nitrogens with zero attached hydrogens (tertiary/aromatic N) is 1. The Morgan fingerprint density at radius 1 is 0.275 bits per heavy atom. The molecule has 0 N–H and O–H groups in total. The molecule has 0 saturated heterocycles. The topological polar surface area (TPSA) is 382 Å². The average molecular weight is 996 g/mol. The molecule has 19 nitrogen and oxygen atoms in total. The molecule has 0 saturated carbocycles. The zero-order chi connectivity index (χ0) is 23.3. The average Bonchev–Trinajstić information content (AvgIpc) is 2.13. The third-order valence-electron chi connectivity index (χ3n) is 2.50. The van der Waals surface area contributed by atoms with Crippen molar-refractivity contribution in [3.63, 3.8) is 0 Å². The van der Waals surface area contributed by atoms with Gasteiger partial charge in [-0.05, 0) is 45.6 Å². The van der Waals surface area contributed by atoms with Crippen LogP contribution < -0.4 is 675 Å². The van der Waals surface area contributed by atoms with Crippen LogP contribution in [0.25, 0.3) is 0 Å². The Bertz CT molecular complexity index is 711. The summed E-state index contributed by atoms with van der Waals surface area (Å²) in [5, 5.41) is 0. The second-order valence-corrected chi connectivity index (χ2v) is 15.4. The third-order valence-corrected chi connectivity index (χ3v) is 12.6. The zero-order valence-electron chi connectivity index (χ0n) is 24.2. The van der Waals surface area contributed by atoms with Crippen LogP contribution in [0.4, 0.5) is 0 Å². The zero-order valence-corrected chi connectivity index (χ0v) is 67.1. The van der Waals surface area contributed by atoms with Gasteiger partial charge in [0.15, 0.2) is 0 Å². The predicted molar refractivity (Wildman–Crippen MR) is 58.8 cm³/mol. The van der Waals surface area contributed by atoms with Crippen LogP contribution in [-0.2, 0) is 27.4 Å². The van der Waals surface area contributed by atoms with E-state index in [1.54, 1.807) is 0 Å². The monoisotopic (exact) mass is 994 g/mol. The smallest absolute Gasteiger partial charge is 0.809 e. The molecule has 0 aliphatic carbocycles. The van der Waals surface area contributed by atoms with Crippen molar-refractivity contribution in [3.05, 3.63) is 0 Å². The van der Waals surface area contributed by atoms with Crippen molar-refractivity contribution < 1.29 is 703 Å². The Balaban J connectivity index is -0.0000000552. The van der Waals surface area contributed by atoms with E-state index in [0.717, 1.165) is 0 Å². The van der Waals surface area contributed by atoms with Crippen LogP contribution in [0.5, 0.6) is 0 Å². The number of rotatable bonds is 9. The van der Waals surface area contributed by atoms with Gasteiger partial charge in [0.05, 0.1) is 16.6 Å². The van der Waals surface area contributed by atoms with Crippen molar-refractivity contribution in [1.29, 1.82) is 0 Å². The fourth-order valence-electron chi connectivity index (χ4n) is 1.86. The summed E-state index contributed by atoms with van der Waals surface area (Å²) in [6.45, 7) is 0. The molecule has 0 spiro atoms. The van der Waals surface area contributed by atoms with Gasteiger partial charge in [0.2, 0.25) is 0 Å². The first-order valence-corrected chi connectivity index (χ1v) is 15.3. The Kier molecular flexibility index (Phi) is 103. The van der Waals surface area contributed by atoms with Crippen LogP contribution >= 0.6 is 45.6 Å². The van der Waals surface area contributed by atoms with E-state index < -0.39 is 67.0 Å². The maximum Gasteiger partial charge on any atom is 1.00 e. The van der Waals surface area contributed by atoms with E-state index in [1.165, 1.54) is 0 Å². The Morgan fingerprint density at radius 3 is 0.400 bits per heavy atom. The van der Waals surface area contributed by atoms with E-state index in [0.29, 0.717) is 0 Å². The third kappa shape index (κ3) is 41.2. The van der Waals surface area contributed by atoms with Gasteiger partial charge in [-0.3, -0.25) is 4.90 Å². The Hall–Kier alpha value is 20.5. The molecule has 0 aromatic rings. The molecule has 0 radical (unpaired) electrons. The Morgan fingerprint density at radius 2 is 0.350 bits per heavy atom. The maximum atomic E-state index is 11.0. The summed E-state index contributed by atoms with van der Waals surface area (Å²) in [7, 11) is -44.4. The van der Waals surface area contributed by atoms with Crippen LogP contribution in [0.1, 0.15) is 0 Å². The first kappa shape index (κ1) is 94.9. The summed E-state index contributed by atoms with van der Waals surface area (Å²) in [6.07, 6.45) is 0. The van der Waals surface area contributed by atoms with Crippen molar-refractivity contribution >= 4 is 45.6 Å². The van der Waals surface area contributed by atoms with Crippen molar-refractivity contribution in [2.45, 2.75) is 16.6 Å². The molecule has 0 fully saturated rings. The van der Waals surface area contributed by atoms with Gasteiger partial charge in [-0.1, -0.05) is 0 Å².